The van der Waals surface area contributed by atoms with Crippen molar-refractivity contribution in [1.82, 2.24) is 4.90 Å². The number of carbonyl (C=O) groups excluding carboxylic acids is 3. The van der Waals surface area contributed by atoms with E-state index >= 15 is 4.39 Å². The molecular formula is C32H36FN3O4. The average Bonchev–Trinajstić information content (AvgIpc) is 3.40. The van der Waals surface area contributed by atoms with Crippen LogP contribution in [0, 0.1) is 5.82 Å². The second-order valence-corrected chi connectivity index (χ2v) is 11.3. The highest BCUT2D eigenvalue weighted by atomic mass is 19.1. The zero-order valence-corrected chi connectivity index (χ0v) is 23.6. The van der Waals surface area contributed by atoms with E-state index in [1.807, 2.05) is 24.3 Å². The summed E-state index contributed by atoms with van der Waals surface area (Å²) in [6.45, 7) is 10.0. The number of ether oxygens (including phenoxy) is 1. The lowest BCUT2D eigenvalue weighted by molar-refractivity contribution is -0.119. The van der Waals surface area contributed by atoms with Crippen LogP contribution in [0.4, 0.5) is 20.6 Å². The Morgan fingerprint density at radius 2 is 1.57 bits per heavy atom. The fraction of sp³-hybridized carbons (Fsp3) is 0.344. The third kappa shape index (κ3) is 7.05. The maximum Gasteiger partial charge on any atom is 0.338 e. The number of nitrogens with one attached hydrogen (secondary N) is 2. The summed E-state index contributed by atoms with van der Waals surface area (Å²) in [5.74, 6) is -1.07. The molecule has 1 atom stereocenters. The minimum Gasteiger partial charge on any atom is -0.456 e. The number of rotatable bonds is 6. The van der Waals surface area contributed by atoms with E-state index in [-0.39, 0.29) is 11.7 Å². The van der Waals surface area contributed by atoms with Crippen molar-refractivity contribution in [1.29, 1.82) is 0 Å². The van der Waals surface area contributed by atoms with E-state index in [1.54, 1.807) is 51.1 Å². The van der Waals surface area contributed by atoms with Crippen LogP contribution in [0.1, 0.15) is 69.3 Å². The third-order valence-electron chi connectivity index (χ3n) is 6.72. The topological polar surface area (TPSA) is 87.7 Å². The minimum absolute atomic E-state index is 0.0376. The van der Waals surface area contributed by atoms with Crippen LogP contribution >= 0.6 is 0 Å². The van der Waals surface area contributed by atoms with Crippen molar-refractivity contribution in [2.75, 3.05) is 17.2 Å². The maximum atomic E-state index is 15.0. The summed E-state index contributed by atoms with van der Waals surface area (Å²) >= 11 is 0. The molecular weight excluding hydrogens is 509 g/mol. The molecule has 8 heteroatoms. The fourth-order valence-electron chi connectivity index (χ4n) is 4.58. The summed E-state index contributed by atoms with van der Waals surface area (Å²) in [5, 5.41) is 5.51. The molecule has 210 valence electrons. The van der Waals surface area contributed by atoms with Crippen molar-refractivity contribution in [3.63, 3.8) is 0 Å². The second-order valence-electron chi connectivity index (χ2n) is 11.3. The number of carbonyl (C=O) groups is 3. The number of likely N-dealkylation sites (tertiary alicyclic amines) is 1. The first kappa shape index (κ1) is 28.8. The first-order valence-electron chi connectivity index (χ1n) is 13.5. The molecule has 3 aromatic carbocycles. The summed E-state index contributed by atoms with van der Waals surface area (Å²) in [6.07, 6.45) is 1.17. The quantitative estimate of drug-likeness (QED) is 0.321. The number of hydrogen-bond donors (Lipinski definition) is 2. The number of esters is 1. The van der Waals surface area contributed by atoms with Gasteiger partial charge >= 0.3 is 12.0 Å². The lowest BCUT2D eigenvalue weighted by Gasteiger charge is -2.24. The second kappa shape index (κ2) is 11.9. The molecule has 0 bridgehead atoms. The summed E-state index contributed by atoms with van der Waals surface area (Å²) in [6, 6.07) is 17.8. The highest BCUT2D eigenvalue weighted by molar-refractivity contribution is 6.00. The Kier molecular flexibility index (Phi) is 8.57. The fourth-order valence-corrected chi connectivity index (χ4v) is 4.58. The van der Waals surface area contributed by atoms with Gasteiger partial charge in [-0.05, 0) is 92.6 Å². The van der Waals surface area contributed by atoms with Crippen LogP contribution in [0.25, 0.3) is 11.1 Å². The molecule has 0 radical (unpaired) electrons. The SMILES string of the molecule is CC(C)c1ccc(NC(=O)N2CCC[C@@H]2C(=O)Nc2ccc(-c3ccc(C(=O)OC(C)(C)C)cc3)cc2F)cc1. The van der Waals surface area contributed by atoms with Crippen LogP contribution in [0.3, 0.4) is 0 Å². The average molecular weight is 546 g/mol. The van der Waals surface area contributed by atoms with Crippen molar-refractivity contribution < 1.29 is 23.5 Å². The van der Waals surface area contributed by atoms with Gasteiger partial charge in [-0.2, -0.15) is 0 Å². The van der Waals surface area contributed by atoms with Crippen molar-refractivity contribution in [2.24, 2.45) is 0 Å². The molecule has 7 nitrogen and oxygen atoms in total. The highest BCUT2D eigenvalue weighted by Gasteiger charge is 2.34. The van der Waals surface area contributed by atoms with Crippen LogP contribution in [0.15, 0.2) is 66.7 Å². The van der Waals surface area contributed by atoms with E-state index < -0.39 is 29.3 Å². The molecule has 2 N–H and O–H groups in total. The molecule has 0 aromatic heterocycles. The van der Waals surface area contributed by atoms with Gasteiger partial charge in [0, 0.05) is 12.2 Å². The zero-order valence-electron chi connectivity index (χ0n) is 23.6. The molecule has 3 amide bonds. The first-order valence-corrected chi connectivity index (χ1v) is 13.5. The standard InChI is InChI=1S/C32H36FN3O4/c1-20(2)21-12-15-25(16-13-21)34-31(39)36-18-6-7-28(36)29(37)35-27-17-14-24(19-26(27)33)22-8-10-23(11-9-22)30(38)40-32(3,4)5/h8-17,19-20,28H,6-7,18H2,1-5H3,(H,34,39)(H,35,37)/t28-/m1/s1. The van der Waals surface area contributed by atoms with Crippen molar-refractivity contribution in [3.8, 4) is 11.1 Å². The van der Waals surface area contributed by atoms with Gasteiger partial charge in [0.1, 0.15) is 17.5 Å². The lowest BCUT2D eigenvalue weighted by Crippen LogP contribution is -2.45. The van der Waals surface area contributed by atoms with E-state index in [4.69, 9.17) is 4.74 Å². The molecule has 40 heavy (non-hydrogen) atoms. The van der Waals surface area contributed by atoms with Gasteiger partial charge in [-0.1, -0.05) is 44.2 Å². The Morgan fingerprint density at radius 3 is 2.17 bits per heavy atom. The van der Waals surface area contributed by atoms with Crippen molar-refractivity contribution in [2.45, 2.75) is 65.0 Å². The number of amides is 3. The van der Waals surface area contributed by atoms with Gasteiger partial charge in [0.05, 0.1) is 11.3 Å². The van der Waals surface area contributed by atoms with Crippen LogP contribution in [0.5, 0.6) is 0 Å². The number of hydrogen-bond acceptors (Lipinski definition) is 4. The van der Waals surface area contributed by atoms with E-state index in [0.29, 0.717) is 47.7 Å². The summed E-state index contributed by atoms with van der Waals surface area (Å²) in [4.78, 5) is 39.8. The van der Waals surface area contributed by atoms with Crippen LogP contribution < -0.4 is 10.6 Å². The van der Waals surface area contributed by atoms with Gasteiger partial charge < -0.3 is 20.3 Å². The predicted octanol–water partition coefficient (Wildman–Crippen LogP) is 7.21. The van der Waals surface area contributed by atoms with Crippen molar-refractivity contribution >= 4 is 29.3 Å². The molecule has 0 spiro atoms. The summed E-state index contributed by atoms with van der Waals surface area (Å²) in [7, 11) is 0. The van der Waals surface area contributed by atoms with Gasteiger partial charge in [-0.25, -0.2) is 14.0 Å². The van der Waals surface area contributed by atoms with Crippen molar-refractivity contribution in [3.05, 3.63) is 83.7 Å². The minimum atomic E-state index is -0.700. The van der Waals surface area contributed by atoms with Gasteiger partial charge in [0.15, 0.2) is 0 Å². The van der Waals surface area contributed by atoms with Gasteiger partial charge in [0.2, 0.25) is 5.91 Å². The molecule has 3 aromatic rings. The van der Waals surface area contributed by atoms with E-state index in [1.165, 1.54) is 22.6 Å². The highest BCUT2D eigenvalue weighted by Crippen LogP contribution is 2.27. The number of benzene rings is 3. The Hall–Kier alpha value is -4.20. The lowest BCUT2D eigenvalue weighted by atomic mass is 10.0. The number of nitrogens with zero attached hydrogens (tertiary/aromatic N) is 1. The van der Waals surface area contributed by atoms with Crippen LogP contribution in [0.2, 0.25) is 0 Å². The molecule has 1 aliphatic heterocycles. The Morgan fingerprint density at radius 1 is 0.925 bits per heavy atom. The molecule has 0 unspecified atom stereocenters. The molecule has 1 heterocycles. The Balaban J connectivity index is 1.39. The number of anilines is 2. The number of halogens is 1. The van der Waals surface area contributed by atoms with Gasteiger partial charge in [-0.15, -0.1) is 0 Å². The maximum absolute atomic E-state index is 15.0. The molecule has 0 aliphatic carbocycles. The summed E-state index contributed by atoms with van der Waals surface area (Å²) < 4.78 is 20.4. The molecule has 0 saturated carbocycles. The Bertz CT molecular complexity index is 1380. The van der Waals surface area contributed by atoms with Gasteiger partial charge in [0.25, 0.3) is 0 Å². The summed E-state index contributed by atoms with van der Waals surface area (Å²) in [5.41, 5.74) is 2.97. The monoisotopic (exact) mass is 545 g/mol. The molecule has 1 saturated heterocycles. The van der Waals surface area contributed by atoms with Crippen LogP contribution in [-0.4, -0.2) is 41.0 Å². The largest absolute Gasteiger partial charge is 0.456 e. The smallest absolute Gasteiger partial charge is 0.338 e. The van der Waals surface area contributed by atoms with E-state index in [0.717, 1.165) is 0 Å². The zero-order chi connectivity index (χ0) is 29.0. The molecule has 4 rings (SSSR count). The first-order chi connectivity index (χ1) is 18.9. The molecule has 1 fully saturated rings. The van der Waals surface area contributed by atoms with E-state index in [9.17, 15) is 14.4 Å². The third-order valence-corrected chi connectivity index (χ3v) is 6.72. The number of urea groups is 1. The van der Waals surface area contributed by atoms with Gasteiger partial charge in [-0.3, -0.25) is 4.79 Å². The predicted molar refractivity (Wildman–Crippen MR) is 155 cm³/mol. The molecule has 1 aliphatic rings. The van der Waals surface area contributed by atoms with Crippen LogP contribution in [-0.2, 0) is 9.53 Å². The normalized spacial score (nSPS) is 15.2. The van der Waals surface area contributed by atoms with E-state index in [2.05, 4.69) is 24.5 Å². The Labute approximate surface area is 234 Å².